The van der Waals surface area contributed by atoms with E-state index in [9.17, 15) is 39.5 Å². The number of nitrogens with zero attached hydrogens (tertiary/aromatic N) is 4. The van der Waals surface area contributed by atoms with Crippen LogP contribution in [-0.2, 0) is 25.0 Å². The average molecular weight is 734 g/mol. The minimum atomic E-state index is -5.05. The zero-order valence-electron chi connectivity index (χ0n) is 20.3. The molecule has 0 saturated carbocycles. The van der Waals surface area contributed by atoms with Gasteiger partial charge in [-0.3, -0.25) is 10.2 Å². The molecule has 0 spiro atoms. The van der Waals surface area contributed by atoms with Gasteiger partial charge in [-0.2, -0.15) is 23.9 Å². The molecule has 1 aliphatic rings. The number of hydrogen-bond acceptors (Lipinski definition) is 12. The van der Waals surface area contributed by atoms with Crippen molar-refractivity contribution in [3.8, 4) is 0 Å². The van der Waals surface area contributed by atoms with E-state index in [1.807, 2.05) is 0 Å². The predicted molar refractivity (Wildman–Crippen MR) is 116 cm³/mol. The van der Waals surface area contributed by atoms with Crippen molar-refractivity contribution < 1.29 is 139 Å². The van der Waals surface area contributed by atoms with E-state index in [0.29, 0.717) is 0 Å². The van der Waals surface area contributed by atoms with Gasteiger partial charge in [0.1, 0.15) is 15.9 Å². The van der Waals surface area contributed by atoms with Crippen molar-refractivity contribution in [2.24, 2.45) is 5.10 Å². The van der Waals surface area contributed by atoms with Crippen LogP contribution in [0.2, 0.25) is 0 Å². The third kappa shape index (κ3) is 10.3. The predicted octanol–water partition coefficient (Wildman–Crippen LogP) is -5.49. The molecule has 1 aromatic heterocycles. The van der Waals surface area contributed by atoms with Gasteiger partial charge >= 0.3 is 65.2 Å². The van der Waals surface area contributed by atoms with Crippen LogP contribution < -0.4 is 69.9 Å². The summed E-state index contributed by atoms with van der Waals surface area (Å²) in [5.74, 6) is -3.05. The standard InChI is InChI=1S/C18H18F2N6O7S2.Gd.2Na/c1-9-10(8-34(28,29)30)7-26(2)17(27)16(9)25-24-12-5-11(3-4-13(12)35(31,32)33)21-15-6-14(19)22-18(20)23-15;;;/h3-6,24H,7-8H2,1-2H3,(H,21,22,23)(H,28,29,30)(H,31,32,33);;;/q;;2*+1/p-2. The molecule has 0 fully saturated rings. The van der Waals surface area contributed by atoms with Crippen molar-refractivity contribution in [2.45, 2.75) is 11.8 Å². The number of anilines is 3. The molecular formula is C18H16F2GdN6Na2O7S2. The Morgan fingerprint density at radius 1 is 1.11 bits per heavy atom. The van der Waals surface area contributed by atoms with Gasteiger partial charge in [-0.25, -0.2) is 16.8 Å². The zero-order valence-corrected chi connectivity index (χ0v) is 28.2. The van der Waals surface area contributed by atoms with Crippen LogP contribution in [0.25, 0.3) is 0 Å². The van der Waals surface area contributed by atoms with Crippen molar-refractivity contribution >= 4 is 49.0 Å². The maximum atomic E-state index is 13.3. The van der Waals surface area contributed by atoms with Crippen LogP contribution in [0.1, 0.15) is 6.92 Å². The SMILES string of the molecule is CC1=C(CS(=O)(=O)[O-])CN(C)C(=O)C1=NNc1cc(Nc2cc(F)nc(F)n2)ccc1S(=O)(=O)[O-].[Gd].[Na+].[Na+]. The Morgan fingerprint density at radius 3 is 2.29 bits per heavy atom. The number of benzene rings is 1. The number of hydrogen-bond donors (Lipinski definition) is 2. The molecule has 2 N–H and O–H groups in total. The van der Waals surface area contributed by atoms with E-state index in [4.69, 9.17) is 0 Å². The summed E-state index contributed by atoms with van der Waals surface area (Å²) in [4.78, 5) is 19.0. The van der Waals surface area contributed by atoms with Gasteiger partial charge in [-0.15, -0.1) is 0 Å². The number of carbonyl (C=O) groups is 1. The van der Waals surface area contributed by atoms with Gasteiger partial charge in [0.25, 0.3) is 5.91 Å². The van der Waals surface area contributed by atoms with E-state index in [1.165, 1.54) is 14.0 Å². The average Bonchev–Trinajstić information content (AvgIpc) is 2.69. The van der Waals surface area contributed by atoms with E-state index >= 15 is 0 Å². The summed E-state index contributed by atoms with van der Waals surface area (Å²) in [7, 11) is -8.38. The smallest absolute Gasteiger partial charge is 0.748 e. The Morgan fingerprint density at radius 2 is 1.74 bits per heavy atom. The minimum absolute atomic E-state index is 0. The van der Waals surface area contributed by atoms with Gasteiger partial charge in [0.05, 0.1) is 26.5 Å². The van der Waals surface area contributed by atoms with Gasteiger partial charge in [0.15, 0.2) is 5.71 Å². The largest absolute Gasteiger partial charge is 1.00 e. The van der Waals surface area contributed by atoms with Gasteiger partial charge < -0.3 is 19.3 Å². The maximum Gasteiger partial charge on any atom is 1.00 e. The Bertz CT molecular complexity index is 1470. The van der Waals surface area contributed by atoms with E-state index in [-0.39, 0.29) is 134 Å². The zero-order chi connectivity index (χ0) is 26.1. The van der Waals surface area contributed by atoms with Crippen LogP contribution in [0.3, 0.4) is 0 Å². The molecule has 0 unspecified atom stereocenters. The Labute approximate surface area is 293 Å². The van der Waals surface area contributed by atoms with Gasteiger partial charge in [-0.05, 0) is 36.3 Å². The second-order valence-electron chi connectivity index (χ2n) is 7.30. The summed E-state index contributed by atoms with van der Waals surface area (Å²) >= 11 is 0. The monoisotopic (exact) mass is 734 g/mol. The van der Waals surface area contributed by atoms with Gasteiger partial charge in [0.2, 0.25) is 5.95 Å². The summed E-state index contributed by atoms with van der Waals surface area (Å²) in [5, 5.41) is 6.34. The van der Waals surface area contributed by atoms with Crippen molar-refractivity contribution in [2.75, 3.05) is 30.1 Å². The second-order valence-corrected chi connectivity index (χ2v) is 10.1. The molecule has 1 amide bonds. The van der Waals surface area contributed by atoms with E-state index in [1.54, 1.807) is 0 Å². The van der Waals surface area contributed by atoms with Crippen LogP contribution >= 0.6 is 0 Å². The molecule has 13 nitrogen and oxygen atoms in total. The fraction of sp³-hybridized carbons (Fsp3) is 0.222. The first-order chi connectivity index (χ1) is 16.1. The number of aromatic nitrogens is 2. The number of rotatable bonds is 7. The molecule has 38 heavy (non-hydrogen) atoms. The Kier molecular flexibility index (Phi) is 15.1. The minimum Gasteiger partial charge on any atom is -0.748 e. The molecule has 196 valence electrons. The van der Waals surface area contributed by atoms with Crippen molar-refractivity contribution in [3.63, 3.8) is 0 Å². The van der Waals surface area contributed by atoms with Crippen LogP contribution in [-0.4, -0.2) is 71.8 Å². The molecule has 0 saturated heterocycles. The third-order valence-electron chi connectivity index (χ3n) is 4.69. The second kappa shape index (κ2) is 15.1. The summed E-state index contributed by atoms with van der Waals surface area (Å²) < 4.78 is 95.2. The molecule has 2 heterocycles. The van der Waals surface area contributed by atoms with Crippen molar-refractivity contribution in [1.82, 2.24) is 14.9 Å². The number of hydrazone groups is 1. The molecule has 2 aromatic rings. The first kappa shape index (κ1) is 37.8. The van der Waals surface area contributed by atoms with Crippen LogP contribution in [0.4, 0.5) is 26.0 Å². The third-order valence-corrected chi connectivity index (χ3v) is 6.29. The number of likely N-dealkylation sites (N-methyl/N-ethyl adjacent to an activating group) is 1. The molecule has 0 aliphatic carbocycles. The van der Waals surface area contributed by atoms with Gasteiger partial charge in [-0.1, -0.05) is 0 Å². The summed E-state index contributed by atoms with van der Waals surface area (Å²) in [6.07, 6.45) is -1.37. The first-order valence-electron chi connectivity index (χ1n) is 9.43. The fourth-order valence-corrected chi connectivity index (χ4v) is 4.46. The van der Waals surface area contributed by atoms with Crippen molar-refractivity contribution in [1.29, 1.82) is 0 Å². The summed E-state index contributed by atoms with van der Waals surface area (Å²) in [6, 6.07) is 3.80. The molecule has 0 atom stereocenters. The fourth-order valence-electron chi connectivity index (χ4n) is 3.12. The molecule has 0 bridgehead atoms. The van der Waals surface area contributed by atoms with Crippen molar-refractivity contribution in [3.05, 3.63) is 47.4 Å². The van der Waals surface area contributed by atoms with E-state index in [2.05, 4.69) is 25.8 Å². The van der Waals surface area contributed by atoms with E-state index < -0.39 is 54.5 Å². The number of halogens is 2. The number of amides is 1. The summed E-state index contributed by atoms with van der Waals surface area (Å²) in [5.41, 5.74) is 1.74. The Balaban J connectivity index is 0.00000456. The molecule has 0 radical (unpaired) electrons. The molecule has 20 heteroatoms. The van der Waals surface area contributed by atoms with Crippen LogP contribution in [0.15, 0.2) is 45.4 Å². The molecule has 3 rings (SSSR count). The molecule has 1 aliphatic heterocycles. The molecular weight excluding hydrogens is 718 g/mol. The maximum absolute atomic E-state index is 13.3. The summed E-state index contributed by atoms with van der Waals surface area (Å²) in [6.45, 7) is 1.21. The topological polar surface area (TPSA) is 197 Å². The first-order valence-corrected chi connectivity index (χ1v) is 12.4. The molecule has 1 aromatic carbocycles. The van der Waals surface area contributed by atoms with E-state index in [0.717, 1.165) is 29.2 Å². The quantitative estimate of drug-likeness (QED) is 0.0906. The number of nitrogens with one attached hydrogen (secondary N) is 2. The van der Waals surface area contributed by atoms with Gasteiger partial charge in [0, 0.05) is 65.3 Å². The Hall–Kier alpha value is -0.215. The van der Waals surface area contributed by atoms with Crippen LogP contribution in [0.5, 0.6) is 0 Å². The normalized spacial score (nSPS) is 14.8. The number of carbonyl (C=O) groups excluding carboxylic acids is 1. The van der Waals surface area contributed by atoms with Crippen LogP contribution in [0, 0.1) is 52.0 Å².